The van der Waals surface area contributed by atoms with Gasteiger partial charge >= 0.3 is 0 Å². The van der Waals surface area contributed by atoms with Gasteiger partial charge in [0, 0.05) is 52.4 Å². The van der Waals surface area contributed by atoms with Gasteiger partial charge in [0.25, 0.3) is 0 Å². The van der Waals surface area contributed by atoms with Crippen molar-refractivity contribution in [1.29, 1.82) is 0 Å². The Morgan fingerprint density at radius 1 is 1.20 bits per heavy atom. The second-order valence-electron chi connectivity index (χ2n) is 6.94. The van der Waals surface area contributed by atoms with Crippen molar-refractivity contribution in [3.8, 4) is 0 Å². The monoisotopic (exact) mass is 548 g/mol. The number of guanidine groups is 1. The molecule has 0 spiro atoms. The highest BCUT2D eigenvalue weighted by Crippen LogP contribution is 2.10. The predicted octanol–water partition coefficient (Wildman–Crippen LogP) is 1.24. The molecule has 1 fully saturated rings. The predicted molar refractivity (Wildman–Crippen MR) is 127 cm³/mol. The summed E-state index contributed by atoms with van der Waals surface area (Å²) in [6.07, 6.45) is 1.60. The van der Waals surface area contributed by atoms with Gasteiger partial charge in [-0.3, -0.25) is 9.89 Å². The molecular formula is C19H29IN6O3S. The van der Waals surface area contributed by atoms with Crippen LogP contribution in [0, 0.1) is 0 Å². The summed E-state index contributed by atoms with van der Waals surface area (Å²) in [4.78, 5) is 8.97. The number of benzene rings is 1. The SMILES string of the molecule is CN=C(NCc1cccc(CS(=O)(=O)NC)c1)N1CCN(Cc2ccon2)CC1.I. The topological polar surface area (TPSA) is 103 Å². The minimum atomic E-state index is -3.28. The van der Waals surface area contributed by atoms with Crippen molar-refractivity contribution in [3.05, 3.63) is 53.4 Å². The molecule has 1 aliphatic rings. The average molecular weight is 548 g/mol. The van der Waals surface area contributed by atoms with E-state index in [0.717, 1.165) is 55.5 Å². The summed E-state index contributed by atoms with van der Waals surface area (Å²) in [5.41, 5.74) is 2.72. The number of nitrogens with zero attached hydrogens (tertiary/aromatic N) is 4. The Morgan fingerprint density at radius 2 is 1.93 bits per heavy atom. The summed E-state index contributed by atoms with van der Waals surface area (Å²) < 4.78 is 30.8. The Bertz CT molecular complexity index is 912. The van der Waals surface area contributed by atoms with Crippen LogP contribution in [0.4, 0.5) is 0 Å². The summed E-state index contributed by atoms with van der Waals surface area (Å²) in [7, 11) is -0.0793. The van der Waals surface area contributed by atoms with Gasteiger partial charge in [-0.25, -0.2) is 13.1 Å². The number of halogens is 1. The molecule has 3 rings (SSSR count). The summed E-state index contributed by atoms with van der Waals surface area (Å²) in [6, 6.07) is 9.48. The van der Waals surface area contributed by atoms with Crippen molar-refractivity contribution in [1.82, 2.24) is 25.0 Å². The van der Waals surface area contributed by atoms with E-state index in [9.17, 15) is 8.42 Å². The highest BCUT2D eigenvalue weighted by molar-refractivity contribution is 14.0. The molecule has 0 radical (unpaired) electrons. The van der Waals surface area contributed by atoms with Crippen LogP contribution >= 0.6 is 24.0 Å². The molecule has 0 bridgehead atoms. The summed E-state index contributed by atoms with van der Waals surface area (Å²) in [6.45, 7) is 4.96. The van der Waals surface area contributed by atoms with Gasteiger partial charge < -0.3 is 14.7 Å². The third-order valence-corrected chi connectivity index (χ3v) is 6.21. The van der Waals surface area contributed by atoms with Gasteiger partial charge in [0.1, 0.15) is 6.26 Å². The van der Waals surface area contributed by atoms with E-state index in [2.05, 4.69) is 30.0 Å². The molecule has 1 saturated heterocycles. The second kappa shape index (κ2) is 11.6. The van der Waals surface area contributed by atoms with Crippen molar-refractivity contribution in [3.63, 3.8) is 0 Å². The van der Waals surface area contributed by atoms with Gasteiger partial charge in [-0.2, -0.15) is 0 Å². The summed E-state index contributed by atoms with van der Waals surface area (Å²) in [5, 5.41) is 7.36. The van der Waals surface area contributed by atoms with Gasteiger partial charge in [0.2, 0.25) is 10.0 Å². The largest absolute Gasteiger partial charge is 0.364 e. The lowest BCUT2D eigenvalue weighted by Crippen LogP contribution is -2.52. The van der Waals surface area contributed by atoms with E-state index in [0.29, 0.717) is 6.54 Å². The maximum Gasteiger partial charge on any atom is 0.215 e. The van der Waals surface area contributed by atoms with Crippen LogP contribution in [-0.2, 0) is 28.9 Å². The van der Waals surface area contributed by atoms with Crippen LogP contribution in [0.15, 0.2) is 46.1 Å². The van der Waals surface area contributed by atoms with E-state index in [4.69, 9.17) is 4.52 Å². The Kier molecular flexibility index (Phi) is 9.52. The number of rotatable bonds is 7. The standard InChI is InChI=1S/C19H28N6O3S.HI/c1-20-19(25-9-7-24(8-10-25)14-18-6-11-28-23-18)22-13-16-4-3-5-17(12-16)15-29(26,27)21-2;/h3-6,11-12,21H,7-10,13-15H2,1-2H3,(H,20,22);1H. The fourth-order valence-corrected chi connectivity index (χ4v) is 4.06. The number of hydrogen-bond acceptors (Lipinski definition) is 6. The van der Waals surface area contributed by atoms with Crippen LogP contribution in [0.5, 0.6) is 0 Å². The highest BCUT2D eigenvalue weighted by atomic mass is 127. The molecule has 1 aromatic carbocycles. The van der Waals surface area contributed by atoms with Crippen LogP contribution in [0.3, 0.4) is 0 Å². The minimum Gasteiger partial charge on any atom is -0.364 e. The van der Waals surface area contributed by atoms with E-state index < -0.39 is 10.0 Å². The van der Waals surface area contributed by atoms with Crippen LogP contribution < -0.4 is 10.0 Å². The van der Waals surface area contributed by atoms with Crippen LogP contribution in [0.1, 0.15) is 16.8 Å². The Morgan fingerprint density at radius 3 is 2.57 bits per heavy atom. The first-order chi connectivity index (χ1) is 14.0. The Labute approximate surface area is 195 Å². The molecule has 0 amide bonds. The first kappa shape index (κ1) is 24.6. The zero-order valence-electron chi connectivity index (χ0n) is 17.2. The average Bonchev–Trinajstić information content (AvgIpc) is 3.23. The van der Waals surface area contributed by atoms with Gasteiger partial charge in [0.05, 0.1) is 11.4 Å². The molecule has 0 atom stereocenters. The Hall–Kier alpha value is -1.70. The smallest absolute Gasteiger partial charge is 0.215 e. The molecule has 2 aromatic rings. The highest BCUT2D eigenvalue weighted by Gasteiger charge is 2.20. The fourth-order valence-electron chi connectivity index (χ4n) is 3.30. The molecule has 166 valence electrons. The normalized spacial score (nSPS) is 15.7. The minimum absolute atomic E-state index is 0. The van der Waals surface area contributed by atoms with E-state index in [-0.39, 0.29) is 29.7 Å². The number of aromatic nitrogens is 1. The van der Waals surface area contributed by atoms with E-state index in [1.54, 1.807) is 13.3 Å². The number of sulfonamides is 1. The van der Waals surface area contributed by atoms with Gasteiger partial charge in [-0.15, -0.1) is 24.0 Å². The molecule has 11 heteroatoms. The molecule has 0 unspecified atom stereocenters. The second-order valence-corrected chi connectivity index (χ2v) is 8.86. The van der Waals surface area contributed by atoms with E-state index >= 15 is 0 Å². The molecule has 0 saturated carbocycles. The maximum absolute atomic E-state index is 11.8. The lowest BCUT2D eigenvalue weighted by atomic mass is 10.1. The lowest BCUT2D eigenvalue weighted by molar-refractivity contribution is 0.169. The van der Waals surface area contributed by atoms with Crippen molar-refractivity contribution in [2.75, 3.05) is 40.3 Å². The first-order valence-corrected chi connectivity index (χ1v) is 11.2. The van der Waals surface area contributed by atoms with Gasteiger partial charge in [-0.05, 0) is 18.2 Å². The Balaban J connectivity index is 0.00000320. The van der Waals surface area contributed by atoms with Crippen LogP contribution in [-0.4, -0.2) is 69.6 Å². The first-order valence-electron chi connectivity index (χ1n) is 9.55. The molecule has 1 aromatic heterocycles. The maximum atomic E-state index is 11.8. The van der Waals surface area contributed by atoms with E-state index in [1.807, 2.05) is 30.3 Å². The van der Waals surface area contributed by atoms with Crippen molar-refractivity contribution >= 4 is 40.0 Å². The van der Waals surface area contributed by atoms with Crippen LogP contribution in [0.2, 0.25) is 0 Å². The van der Waals surface area contributed by atoms with Crippen molar-refractivity contribution in [2.45, 2.75) is 18.8 Å². The molecule has 2 N–H and O–H groups in total. The summed E-state index contributed by atoms with van der Waals surface area (Å²) >= 11 is 0. The van der Waals surface area contributed by atoms with E-state index in [1.165, 1.54) is 7.05 Å². The molecule has 1 aliphatic heterocycles. The number of piperazine rings is 1. The molecular weight excluding hydrogens is 519 g/mol. The zero-order chi connectivity index (χ0) is 20.7. The molecule has 30 heavy (non-hydrogen) atoms. The quantitative estimate of drug-likeness (QED) is 0.305. The molecule has 9 nitrogen and oxygen atoms in total. The van der Waals surface area contributed by atoms with Gasteiger partial charge in [-0.1, -0.05) is 29.4 Å². The van der Waals surface area contributed by atoms with Gasteiger partial charge in [0.15, 0.2) is 5.96 Å². The van der Waals surface area contributed by atoms with Crippen LogP contribution in [0.25, 0.3) is 0 Å². The number of nitrogens with one attached hydrogen (secondary N) is 2. The molecule has 2 heterocycles. The lowest BCUT2D eigenvalue weighted by Gasteiger charge is -2.36. The summed E-state index contributed by atoms with van der Waals surface area (Å²) in [5.74, 6) is 0.818. The third kappa shape index (κ3) is 7.22. The third-order valence-electron chi connectivity index (χ3n) is 4.87. The van der Waals surface area contributed by atoms with Crippen molar-refractivity contribution < 1.29 is 12.9 Å². The number of aliphatic imine (C=N–C) groups is 1. The van der Waals surface area contributed by atoms with Crippen molar-refractivity contribution in [2.24, 2.45) is 4.99 Å². The fraction of sp³-hybridized carbons (Fsp3) is 0.474. The molecule has 0 aliphatic carbocycles. The number of hydrogen-bond donors (Lipinski definition) is 2. The zero-order valence-corrected chi connectivity index (χ0v) is 20.4.